The van der Waals surface area contributed by atoms with Crippen molar-refractivity contribution < 1.29 is 0 Å². The van der Waals surface area contributed by atoms with Crippen LogP contribution in [0.25, 0.3) is 11.1 Å². The third-order valence-corrected chi connectivity index (χ3v) is 4.85. The Morgan fingerprint density at radius 2 is 1.88 bits per heavy atom. The molecule has 0 saturated carbocycles. The van der Waals surface area contributed by atoms with E-state index in [0.29, 0.717) is 0 Å². The van der Waals surface area contributed by atoms with Crippen LogP contribution in [0.4, 0.5) is 5.82 Å². The molecule has 6 heteroatoms. The molecule has 4 rings (SSSR count). The van der Waals surface area contributed by atoms with E-state index in [1.54, 1.807) is 0 Å². The van der Waals surface area contributed by atoms with Crippen molar-refractivity contribution in [3.63, 3.8) is 0 Å². The maximum absolute atomic E-state index is 6.16. The van der Waals surface area contributed by atoms with E-state index in [-0.39, 0.29) is 0 Å². The first-order valence-corrected chi connectivity index (χ1v) is 8.90. The topological polar surface area (TPSA) is 33.1 Å². The zero-order valence-electron chi connectivity index (χ0n) is 13.8. The fourth-order valence-electron chi connectivity index (χ4n) is 3.23. The van der Waals surface area contributed by atoms with Gasteiger partial charge in [-0.15, -0.1) is 0 Å². The lowest BCUT2D eigenvalue weighted by Gasteiger charge is -2.29. The third-order valence-electron chi connectivity index (χ3n) is 4.36. The monoisotopic (exact) mass is 372 g/mol. The minimum atomic E-state index is 0.733. The highest BCUT2D eigenvalue weighted by Gasteiger charge is 2.23. The van der Waals surface area contributed by atoms with Crippen LogP contribution in [0.5, 0.6) is 0 Å². The number of nitrogens with one attached hydrogen (secondary N) is 1. The molecule has 0 unspecified atom stereocenters. The SMILES string of the molecule is Cc1nn2c(c1-c1cccc(Cl)c1)NCN(Cc1ccc(Cl)cc1)C2. The molecule has 25 heavy (non-hydrogen) atoms. The smallest absolute Gasteiger partial charge is 0.135 e. The first-order chi connectivity index (χ1) is 12.1. The molecule has 1 aliphatic rings. The number of anilines is 1. The maximum atomic E-state index is 6.16. The van der Waals surface area contributed by atoms with Crippen LogP contribution in [0.15, 0.2) is 48.5 Å². The largest absolute Gasteiger partial charge is 0.357 e. The molecule has 128 valence electrons. The summed E-state index contributed by atoms with van der Waals surface area (Å²) in [7, 11) is 0. The van der Waals surface area contributed by atoms with E-state index in [4.69, 9.17) is 28.3 Å². The van der Waals surface area contributed by atoms with E-state index in [0.717, 1.165) is 52.6 Å². The van der Waals surface area contributed by atoms with Crippen molar-refractivity contribution in [1.82, 2.24) is 14.7 Å². The van der Waals surface area contributed by atoms with E-state index in [9.17, 15) is 0 Å². The first kappa shape index (κ1) is 16.5. The van der Waals surface area contributed by atoms with Gasteiger partial charge in [0.05, 0.1) is 19.0 Å². The lowest BCUT2D eigenvalue weighted by atomic mass is 10.1. The molecule has 4 nitrogen and oxygen atoms in total. The van der Waals surface area contributed by atoms with Crippen LogP contribution in [0, 0.1) is 6.92 Å². The maximum Gasteiger partial charge on any atom is 0.135 e. The van der Waals surface area contributed by atoms with Crippen molar-refractivity contribution in [2.24, 2.45) is 0 Å². The molecule has 0 aliphatic carbocycles. The van der Waals surface area contributed by atoms with E-state index in [2.05, 4.69) is 28.4 Å². The minimum absolute atomic E-state index is 0.733. The molecule has 0 saturated heterocycles. The number of halogens is 2. The van der Waals surface area contributed by atoms with Gasteiger partial charge in [-0.3, -0.25) is 4.90 Å². The van der Waals surface area contributed by atoms with Crippen molar-refractivity contribution in [2.75, 3.05) is 12.0 Å². The third kappa shape index (κ3) is 3.38. The van der Waals surface area contributed by atoms with Crippen molar-refractivity contribution in [1.29, 1.82) is 0 Å². The number of benzene rings is 2. The van der Waals surface area contributed by atoms with Crippen LogP contribution in [0.1, 0.15) is 11.3 Å². The summed E-state index contributed by atoms with van der Waals surface area (Å²) in [6, 6.07) is 15.9. The van der Waals surface area contributed by atoms with Gasteiger partial charge in [0.25, 0.3) is 0 Å². The second kappa shape index (κ2) is 6.71. The molecular weight excluding hydrogens is 355 g/mol. The van der Waals surface area contributed by atoms with Gasteiger partial charge < -0.3 is 5.32 Å². The molecule has 0 fully saturated rings. The summed E-state index contributed by atoms with van der Waals surface area (Å²) in [5, 5.41) is 9.71. The average Bonchev–Trinajstić information content (AvgIpc) is 2.92. The van der Waals surface area contributed by atoms with Gasteiger partial charge in [0.1, 0.15) is 5.82 Å². The summed E-state index contributed by atoms with van der Waals surface area (Å²) >= 11 is 12.1. The Labute approximate surface area is 157 Å². The molecule has 0 spiro atoms. The Balaban J connectivity index is 1.58. The predicted octanol–water partition coefficient (Wildman–Crippen LogP) is 5.01. The fraction of sp³-hybridized carbons (Fsp3) is 0.211. The number of rotatable bonds is 3. The number of hydrogen-bond acceptors (Lipinski definition) is 3. The Morgan fingerprint density at radius 1 is 1.08 bits per heavy atom. The molecule has 1 aromatic heterocycles. The molecule has 1 aliphatic heterocycles. The number of aryl methyl sites for hydroxylation is 1. The molecule has 2 aromatic carbocycles. The van der Waals surface area contributed by atoms with Gasteiger partial charge >= 0.3 is 0 Å². The summed E-state index contributed by atoms with van der Waals surface area (Å²) in [5.41, 5.74) is 4.44. The lowest BCUT2D eigenvalue weighted by Crippen LogP contribution is -2.36. The Kier molecular flexibility index (Phi) is 4.42. The second-order valence-electron chi connectivity index (χ2n) is 6.25. The highest BCUT2D eigenvalue weighted by Crippen LogP contribution is 2.34. The molecule has 0 atom stereocenters. The van der Waals surface area contributed by atoms with Crippen molar-refractivity contribution in [2.45, 2.75) is 20.1 Å². The lowest BCUT2D eigenvalue weighted by molar-refractivity contribution is 0.198. The average molecular weight is 373 g/mol. The van der Waals surface area contributed by atoms with Gasteiger partial charge in [-0.05, 0) is 42.3 Å². The Bertz CT molecular complexity index is 902. The molecule has 0 radical (unpaired) electrons. The van der Waals surface area contributed by atoms with Crippen LogP contribution in [0.2, 0.25) is 10.0 Å². The van der Waals surface area contributed by atoms with E-state index in [1.165, 1.54) is 5.56 Å². The predicted molar refractivity (Wildman–Crippen MR) is 103 cm³/mol. The fourth-order valence-corrected chi connectivity index (χ4v) is 3.55. The van der Waals surface area contributed by atoms with Gasteiger partial charge in [0.15, 0.2) is 0 Å². The molecule has 1 N–H and O–H groups in total. The molecule has 3 aromatic rings. The normalized spacial score (nSPS) is 14.2. The quantitative estimate of drug-likeness (QED) is 0.701. The van der Waals surface area contributed by atoms with Crippen LogP contribution >= 0.6 is 23.2 Å². The van der Waals surface area contributed by atoms with E-state index >= 15 is 0 Å². The summed E-state index contributed by atoms with van der Waals surface area (Å²) in [4.78, 5) is 2.30. The van der Waals surface area contributed by atoms with E-state index < -0.39 is 0 Å². The highest BCUT2D eigenvalue weighted by atomic mass is 35.5. The first-order valence-electron chi connectivity index (χ1n) is 8.14. The highest BCUT2D eigenvalue weighted by molar-refractivity contribution is 6.31. The number of fused-ring (bicyclic) bond motifs is 1. The van der Waals surface area contributed by atoms with Gasteiger partial charge in [-0.2, -0.15) is 5.10 Å². The Hall–Kier alpha value is -2.01. The zero-order valence-corrected chi connectivity index (χ0v) is 15.3. The summed E-state index contributed by atoms with van der Waals surface area (Å²) in [5.74, 6) is 1.05. The van der Waals surface area contributed by atoms with Gasteiger partial charge in [-0.25, -0.2) is 4.68 Å². The van der Waals surface area contributed by atoms with Crippen molar-refractivity contribution in [3.8, 4) is 11.1 Å². The number of aromatic nitrogens is 2. The standard InChI is InChI=1S/C19H18Cl2N4/c1-13-18(15-3-2-4-17(21)9-15)19-22-11-24(12-25(19)23-13)10-14-5-7-16(20)8-6-14/h2-9,22H,10-12H2,1H3. The molecule has 0 amide bonds. The van der Waals surface area contributed by atoms with Crippen molar-refractivity contribution in [3.05, 3.63) is 69.8 Å². The summed E-state index contributed by atoms with van der Waals surface area (Å²) in [6.45, 7) is 4.38. The minimum Gasteiger partial charge on any atom is -0.357 e. The second-order valence-corrected chi connectivity index (χ2v) is 7.12. The van der Waals surface area contributed by atoms with Crippen LogP contribution in [-0.2, 0) is 13.2 Å². The number of nitrogens with zero attached hydrogens (tertiary/aromatic N) is 3. The zero-order chi connectivity index (χ0) is 17.4. The van der Waals surface area contributed by atoms with Crippen LogP contribution in [-0.4, -0.2) is 21.3 Å². The van der Waals surface area contributed by atoms with Crippen molar-refractivity contribution >= 4 is 29.0 Å². The van der Waals surface area contributed by atoms with Gasteiger partial charge in [0, 0.05) is 22.2 Å². The summed E-state index contributed by atoms with van der Waals surface area (Å²) < 4.78 is 2.02. The molecular formula is C19H18Cl2N4. The van der Waals surface area contributed by atoms with E-state index in [1.807, 2.05) is 41.9 Å². The molecule has 0 bridgehead atoms. The van der Waals surface area contributed by atoms with Crippen LogP contribution in [0.3, 0.4) is 0 Å². The van der Waals surface area contributed by atoms with Crippen LogP contribution < -0.4 is 5.32 Å². The Morgan fingerprint density at radius 3 is 2.64 bits per heavy atom. The molecule has 2 heterocycles. The van der Waals surface area contributed by atoms with Gasteiger partial charge in [-0.1, -0.05) is 47.5 Å². The number of hydrogen-bond donors (Lipinski definition) is 1. The van der Waals surface area contributed by atoms with Gasteiger partial charge in [0.2, 0.25) is 0 Å². The summed E-state index contributed by atoms with van der Waals surface area (Å²) in [6.07, 6.45) is 0.